The summed E-state index contributed by atoms with van der Waals surface area (Å²) in [6.07, 6.45) is -2.50. The minimum absolute atomic E-state index is 0.00799. The molecule has 6 heteroatoms. The Bertz CT molecular complexity index is 1070. The van der Waals surface area contributed by atoms with E-state index in [0.717, 1.165) is 16.7 Å². The van der Waals surface area contributed by atoms with Crippen LogP contribution in [0.2, 0.25) is 5.02 Å². The zero-order chi connectivity index (χ0) is 22.7. The van der Waals surface area contributed by atoms with Crippen molar-refractivity contribution in [3.05, 3.63) is 94.0 Å². The molecular weight excluding hydrogens is 426 g/mol. The predicted molar refractivity (Wildman–Crippen MR) is 125 cm³/mol. The largest absolute Gasteiger partial charge is 0.449 e. The summed E-state index contributed by atoms with van der Waals surface area (Å²) in [5, 5.41) is 23.9. The van der Waals surface area contributed by atoms with E-state index in [4.69, 9.17) is 16.3 Å². The molecule has 1 aliphatic rings. The van der Waals surface area contributed by atoms with E-state index < -0.39 is 18.3 Å². The molecule has 5 nitrogen and oxygen atoms in total. The molecular formula is C26H26ClNO4. The van der Waals surface area contributed by atoms with Crippen molar-refractivity contribution in [1.29, 1.82) is 0 Å². The van der Waals surface area contributed by atoms with Crippen molar-refractivity contribution >= 4 is 17.7 Å². The number of rotatable bonds is 7. The van der Waals surface area contributed by atoms with Gasteiger partial charge in [-0.05, 0) is 58.9 Å². The van der Waals surface area contributed by atoms with Gasteiger partial charge >= 0.3 is 6.09 Å². The Balaban J connectivity index is 1.29. The maximum atomic E-state index is 12.2. The molecule has 0 bridgehead atoms. The Kier molecular flexibility index (Phi) is 6.80. The third-order valence-corrected chi connectivity index (χ3v) is 6.21. The number of aryl methyl sites for hydroxylation is 1. The van der Waals surface area contributed by atoms with Gasteiger partial charge in [0.05, 0.1) is 6.10 Å². The minimum atomic E-state index is -1.09. The van der Waals surface area contributed by atoms with E-state index >= 15 is 0 Å². The van der Waals surface area contributed by atoms with E-state index in [9.17, 15) is 15.0 Å². The van der Waals surface area contributed by atoms with Crippen LogP contribution in [0.25, 0.3) is 11.1 Å². The van der Waals surface area contributed by atoms with E-state index in [-0.39, 0.29) is 25.5 Å². The number of alkyl carbamates (subject to hydrolysis) is 1. The molecule has 3 aromatic rings. The summed E-state index contributed by atoms with van der Waals surface area (Å²) in [5.41, 5.74) is 6.06. The van der Waals surface area contributed by atoms with E-state index in [2.05, 4.69) is 29.6 Å². The average Bonchev–Trinajstić information content (AvgIpc) is 3.12. The second-order valence-corrected chi connectivity index (χ2v) is 8.49. The number of ether oxygens (including phenoxy) is 1. The molecule has 2 unspecified atom stereocenters. The number of fused-ring (bicyclic) bond motifs is 3. The topological polar surface area (TPSA) is 78.8 Å². The van der Waals surface area contributed by atoms with Gasteiger partial charge in [-0.2, -0.15) is 0 Å². The molecule has 4 rings (SSSR count). The van der Waals surface area contributed by atoms with Crippen LogP contribution in [0.4, 0.5) is 4.79 Å². The van der Waals surface area contributed by atoms with Crippen LogP contribution in [0.15, 0.2) is 66.7 Å². The minimum Gasteiger partial charge on any atom is -0.449 e. The highest BCUT2D eigenvalue weighted by molar-refractivity contribution is 6.30. The summed E-state index contributed by atoms with van der Waals surface area (Å²) >= 11 is 6.00. The molecule has 0 heterocycles. The molecule has 3 N–H and O–H groups in total. The molecule has 1 aliphatic carbocycles. The molecule has 3 aromatic carbocycles. The number of carbonyl (C=O) groups excluding carboxylic acids is 1. The molecule has 0 spiro atoms. The zero-order valence-corrected chi connectivity index (χ0v) is 18.5. The first-order chi connectivity index (χ1) is 15.5. The number of halogens is 1. The van der Waals surface area contributed by atoms with Gasteiger partial charge in [-0.25, -0.2) is 4.79 Å². The van der Waals surface area contributed by atoms with Gasteiger partial charge < -0.3 is 20.3 Å². The molecule has 32 heavy (non-hydrogen) atoms. The fraction of sp³-hybridized carbons (Fsp3) is 0.269. The molecule has 2 atom stereocenters. The van der Waals surface area contributed by atoms with Gasteiger partial charge in [-0.15, -0.1) is 0 Å². The smallest absolute Gasteiger partial charge is 0.407 e. The Hall–Kier alpha value is -2.86. The van der Waals surface area contributed by atoms with Crippen molar-refractivity contribution in [3.63, 3.8) is 0 Å². The van der Waals surface area contributed by atoms with Crippen LogP contribution in [-0.4, -0.2) is 35.6 Å². The highest BCUT2D eigenvalue weighted by Crippen LogP contribution is 2.44. The summed E-state index contributed by atoms with van der Waals surface area (Å²) in [5.74, 6) is -0.00799. The van der Waals surface area contributed by atoms with Crippen molar-refractivity contribution in [3.8, 4) is 11.1 Å². The van der Waals surface area contributed by atoms with Crippen LogP contribution in [0.3, 0.4) is 0 Å². The molecule has 0 fully saturated rings. The van der Waals surface area contributed by atoms with Gasteiger partial charge in [-0.3, -0.25) is 0 Å². The van der Waals surface area contributed by atoms with Crippen LogP contribution in [0.5, 0.6) is 0 Å². The lowest BCUT2D eigenvalue weighted by molar-refractivity contribution is 0.0133. The molecule has 0 aromatic heterocycles. The number of hydrogen-bond acceptors (Lipinski definition) is 4. The van der Waals surface area contributed by atoms with Gasteiger partial charge in [0.15, 0.2) is 0 Å². The lowest BCUT2D eigenvalue weighted by Crippen LogP contribution is -2.30. The van der Waals surface area contributed by atoms with Gasteiger partial charge in [0, 0.05) is 17.5 Å². The van der Waals surface area contributed by atoms with E-state index in [1.807, 2.05) is 31.2 Å². The Labute approximate surface area is 192 Å². The van der Waals surface area contributed by atoms with Crippen LogP contribution in [0.1, 0.15) is 40.7 Å². The molecule has 0 aliphatic heterocycles. The first-order valence-corrected chi connectivity index (χ1v) is 11.0. The van der Waals surface area contributed by atoms with Crippen molar-refractivity contribution in [1.82, 2.24) is 5.32 Å². The lowest BCUT2D eigenvalue weighted by atomic mass is 9.98. The van der Waals surface area contributed by atoms with Gasteiger partial charge in [0.1, 0.15) is 12.7 Å². The molecule has 0 saturated heterocycles. The number of aliphatic hydroxyl groups excluding tert-OH is 2. The quantitative estimate of drug-likeness (QED) is 0.473. The third-order valence-electron chi connectivity index (χ3n) is 5.98. The zero-order valence-electron chi connectivity index (χ0n) is 17.8. The first-order valence-electron chi connectivity index (χ1n) is 10.7. The summed E-state index contributed by atoms with van der Waals surface area (Å²) < 4.78 is 5.49. The Morgan fingerprint density at radius 1 is 1.03 bits per heavy atom. The molecule has 0 saturated carbocycles. The van der Waals surface area contributed by atoms with Crippen molar-refractivity contribution in [2.45, 2.75) is 31.5 Å². The molecule has 0 radical (unpaired) electrons. The number of benzene rings is 3. The van der Waals surface area contributed by atoms with E-state index in [1.54, 1.807) is 18.2 Å². The molecule has 166 valence electrons. The van der Waals surface area contributed by atoms with E-state index in [0.29, 0.717) is 10.6 Å². The first kappa shape index (κ1) is 22.3. The van der Waals surface area contributed by atoms with Gasteiger partial charge in [-0.1, -0.05) is 66.2 Å². The fourth-order valence-electron chi connectivity index (χ4n) is 4.27. The van der Waals surface area contributed by atoms with Crippen molar-refractivity contribution < 1.29 is 19.7 Å². The number of amides is 1. The number of hydrogen-bond donors (Lipinski definition) is 3. The lowest BCUT2D eigenvalue weighted by Gasteiger charge is -2.20. The monoisotopic (exact) mass is 451 g/mol. The summed E-state index contributed by atoms with van der Waals surface area (Å²) in [7, 11) is 0. The maximum Gasteiger partial charge on any atom is 0.407 e. The standard InChI is InChI=1S/C26H26ClNO4/c1-16-10-11-17(27)14-22(16)25(30)24(29)12-13-28-26(31)32-15-23-20-8-4-2-6-18(20)19-7-3-5-9-21(19)23/h2-11,14,23-25,29-30H,12-13,15H2,1H3,(H,28,31). The Morgan fingerprint density at radius 2 is 1.66 bits per heavy atom. The highest BCUT2D eigenvalue weighted by Gasteiger charge is 2.29. The number of carbonyl (C=O) groups is 1. The van der Waals surface area contributed by atoms with Crippen molar-refractivity contribution in [2.24, 2.45) is 0 Å². The summed E-state index contributed by atoms with van der Waals surface area (Å²) in [6, 6.07) is 21.5. The SMILES string of the molecule is Cc1ccc(Cl)cc1C(O)C(O)CCNC(=O)OCC1c2ccccc2-c2ccccc21. The highest BCUT2D eigenvalue weighted by atomic mass is 35.5. The van der Waals surface area contributed by atoms with Crippen LogP contribution >= 0.6 is 11.6 Å². The van der Waals surface area contributed by atoms with Crippen LogP contribution in [-0.2, 0) is 4.74 Å². The maximum absolute atomic E-state index is 12.2. The summed E-state index contributed by atoms with van der Waals surface area (Å²) in [6.45, 7) is 2.25. The second kappa shape index (κ2) is 9.74. The molecule has 1 amide bonds. The average molecular weight is 452 g/mol. The van der Waals surface area contributed by atoms with Crippen LogP contribution in [0, 0.1) is 6.92 Å². The number of nitrogens with one attached hydrogen (secondary N) is 1. The fourth-order valence-corrected chi connectivity index (χ4v) is 4.45. The number of aliphatic hydroxyl groups is 2. The van der Waals surface area contributed by atoms with Crippen molar-refractivity contribution in [2.75, 3.05) is 13.2 Å². The van der Waals surface area contributed by atoms with Crippen LogP contribution < -0.4 is 5.32 Å². The van der Waals surface area contributed by atoms with Gasteiger partial charge in [0.2, 0.25) is 0 Å². The second-order valence-electron chi connectivity index (χ2n) is 8.05. The van der Waals surface area contributed by atoms with Gasteiger partial charge in [0.25, 0.3) is 0 Å². The predicted octanol–water partition coefficient (Wildman–Crippen LogP) is 4.97. The summed E-state index contributed by atoms with van der Waals surface area (Å²) in [4.78, 5) is 12.2. The normalized spacial score (nSPS) is 14.4. The third kappa shape index (κ3) is 4.65. The van der Waals surface area contributed by atoms with E-state index in [1.165, 1.54) is 11.1 Å². The Morgan fingerprint density at radius 3 is 2.31 bits per heavy atom.